The van der Waals surface area contributed by atoms with E-state index in [1.807, 2.05) is 6.92 Å². The first-order chi connectivity index (χ1) is 8.54. The maximum Gasteiger partial charge on any atom is 0.272 e. The van der Waals surface area contributed by atoms with Crippen molar-refractivity contribution in [2.24, 2.45) is 0 Å². The van der Waals surface area contributed by atoms with E-state index in [1.54, 1.807) is 0 Å². The molecular formula is C11H15FN2O4. The Hall–Kier alpha value is -1.73. The van der Waals surface area contributed by atoms with E-state index in [4.69, 9.17) is 4.74 Å². The summed E-state index contributed by atoms with van der Waals surface area (Å²) >= 11 is 0. The van der Waals surface area contributed by atoms with Crippen molar-refractivity contribution < 1.29 is 19.2 Å². The van der Waals surface area contributed by atoms with Gasteiger partial charge in [-0.3, -0.25) is 10.1 Å². The molecule has 1 aromatic rings. The van der Waals surface area contributed by atoms with Gasteiger partial charge in [0.1, 0.15) is 12.7 Å². The molecule has 0 spiro atoms. The normalized spacial score (nSPS) is 12.2. The van der Waals surface area contributed by atoms with Crippen molar-refractivity contribution in [2.75, 3.05) is 19.7 Å². The number of nitro benzene ring substituents is 1. The Balaban J connectivity index is 2.55. The van der Waals surface area contributed by atoms with Crippen LogP contribution in [0.15, 0.2) is 18.2 Å². The van der Waals surface area contributed by atoms with E-state index in [0.717, 1.165) is 12.1 Å². The number of likely N-dealkylation sites (N-methyl/N-ethyl adjacent to an activating group) is 1. The Labute approximate surface area is 104 Å². The van der Waals surface area contributed by atoms with Crippen LogP contribution in [-0.4, -0.2) is 35.8 Å². The summed E-state index contributed by atoms with van der Waals surface area (Å²) < 4.78 is 18.4. The molecule has 0 saturated heterocycles. The molecule has 1 unspecified atom stereocenters. The van der Waals surface area contributed by atoms with Gasteiger partial charge in [0.05, 0.1) is 11.0 Å². The molecule has 0 bridgehead atoms. The highest BCUT2D eigenvalue weighted by molar-refractivity contribution is 5.37. The molecule has 0 aliphatic heterocycles. The van der Waals surface area contributed by atoms with Crippen molar-refractivity contribution in [3.8, 4) is 5.75 Å². The average molecular weight is 258 g/mol. The van der Waals surface area contributed by atoms with Crippen LogP contribution in [0.4, 0.5) is 10.1 Å². The van der Waals surface area contributed by atoms with Gasteiger partial charge in [0, 0.05) is 12.6 Å². The van der Waals surface area contributed by atoms with Crippen LogP contribution in [0.1, 0.15) is 6.92 Å². The summed E-state index contributed by atoms with van der Waals surface area (Å²) in [5.74, 6) is -0.934. The lowest BCUT2D eigenvalue weighted by atomic mass is 10.3. The molecular weight excluding hydrogens is 243 g/mol. The highest BCUT2D eigenvalue weighted by Gasteiger charge is 2.12. The number of aliphatic hydroxyl groups is 1. The minimum atomic E-state index is -0.820. The summed E-state index contributed by atoms with van der Waals surface area (Å²) in [7, 11) is 0. The monoisotopic (exact) mass is 258 g/mol. The Morgan fingerprint density at radius 1 is 1.61 bits per heavy atom. The molecule has 0 heterocycles. The van der Waals surface area contributed by atoms with Crippen LogP contribution in [-0.2, 0) is 0 Å². The molecule has 2 N–H and O–H groups in total. The lowest BCUT2D eigenvalue weighted by Gasteiger charge is -2.12. The maximum absolute atomic E-state index is 13.4. The van der Waals surface area contributed by atoms with Gasteiger partial charge in [0.25, 0.3) is 5.69 Å². The van der Waals surface area contributed by atoms with Crippen molar-refractivity contribution in [3.63, 3.8) is 0 Å². The molecule has 1 aromatic carbocycles. The molecule has 7 heteroatoms. The molecule has 0 fully saturated rings. The summed E-state index contributed by atoms with van der Waals surface area (Å²) in [5, 5.41) is 22.8. The van der Waals surface area contributed by atoms with Crippen molar-refractivity contribution in [2.45, 2.75) is 13.0 Å². The number of rotatable bonds is 7. The van der Waals surface area contributed by atoms with Gasteiger partial charge in [0.2, 0.25) is 0 Å². The second kappa shape index (κ2) is 6.87. The summed E-state index contributed by atoms with van der Waals surface area (Å²) in [5.41, 5.74) is -0.340. The first kappa shape index (κ1) is 14.3. The standard InChI is InChI=1S/C11H15FN2O4/c1-2-13-6-9(15)7-18-11-4-3-8(14(16)17)5-10(11)12/h3-5,9,13,15H,2,6-7H2,1H3. The number of hydrogen-bond donors (Lipinski definition) is 2. The van der Waals surface area contributed by atoms with Gasteiger partial charge in [-0.2, -0.15) is 0 Å². The van der Waals surface area contributed by atoms with Gasteiger partial charge in [-0.1, -0.05) is 6.92 Å². The van der Waals surface area contributed by atoms with Crippen LogP contribution < -0.4 is 10.1 Å². The highest BCUT2D eigenvalue weighted by atomic mass is 19.1. The van der Waals surface area contributed by atoms with E-state index in [2.05, 4.69) is 5.32 Å². The molecule has 0 amide bonds. The minimum absolute atomic E-state index is 0.0816. The van der Waals surface area contributed by atoms with Crippen LogP contribution >= 0.6 is 0 Å². The van der Waals surface area contributed by atoms with Crippen LogP contribution in [0.2, 0.25) is 0 Å². The Morgan fingerprint density at radius 2 is 2.33 bits per heavy atom. The molecule has 1 rings (SSSR count). The minimum Gasteiger partial charge on any atom is -0.488 e. The average Bonchev–Trinajstić information content (AvgIpc) is 2.34. The Kier molecular flexibility index (Phi) is 5.47. The van der Waals surface area contributed by atoms with Crippen molar-refractivity contribution in [1.29, 1.82) is 0 Å². The smallest absolute Gasteiger partial charge is 0.272 e. The lowest BCUT2D eigenvalue weighted by molar-refractivity contribution is -0.385. The summed E-state index contributed by atoms with van der Waals surface area (Å²) in [6.07, 6.45) is -0.764. The first-order valence-electron chi connectivity index (χ1n) is 5.50. The number of ether oxygens (including phenoxy) is 1. The van der Waals surface area contributed by atoms with Gasteiger partial charge < -0.3 is 15.2 Å². The zero-order valence-electron chi connectivity index (χ0n) is 9.93. The van der Waals surface area contributed by atoms with E-state index in [1.165, 1.54) is 6.07 Å². The van der Waals surface area contributed by atoms with E-state index in [0.29, 0.717) is 13.1 Å². The summed E-state index contributed by atoms with van der Waals surface area (Å²) in [6, 6.07) is 3.11. The third-order valence-electron chi connectivity index (χ3n) is 2.19. The van der Waals surface area contributed by atoms with E-state index in [9.17, 15) is 19.6 Å². The number of nitrogens with one attached hydrogen (secondary N) is 1. The van der Waals surface area contributed by atoms with Crippen molar-refractivity contribution in [3.05, 3.63) is 34.1 Å². The van der Waals surface area contributed by atoms with Gasteiger partial charge in [0.15, 0.2) is 11.6 Å². The lowest BCUT2D eigenvalue weighted by Crippen LogP contribution is -2.31. The maximum atomic E-state index is 13.4. The van der Waals surface area contributed by atoms with Gasteiger partial charge in [-0.05, 0) is 12.6 Å². The Morgan fingerprint density at radius 3 is 2.89 bits per heavy atom. The Bertz CT molecular complexity index is 414. The fourth-order valence-corrected chi connectivity index (χ4v) is 1.28. The van der Waals surface area contributed by atoms with Crippen LogP contribution in [0.5, 0.6) is 5.75 Å². The predicted octanol–water partition coefficient (Wildman–Crippen LogP) is 1.08. The number of aliphatic hydroxyl groups excluding tert-OH is 1. The third-order valence-corrected chi connectivity index (χ3v) is 2.19. The van der Waals surface area contributed by atoms with E-state index < -0.39 is 16.8 Å². The van der Waals surface area contributed by atoms with Crippen LogP contribution in [0.25, 0.3) is 0 Å². The number of hydrogen-bond acceptors (Lipinski definition) is 5. The van der Waals surface area contributed by atoms with Gasteiger partial charge >= 0.3 is 0 Å². The quantitative estimate of drug-likeness (QED) is 0.564. The number of nitrogens with zero attached hydrogens (tertiary/aromatic N) is 1. The number of benzene rings is 1. The zero-order valence-corrected chi connectivity index (χ0v) is 9.93. The molecule has 0 aliphatic carbocycles. The fourth-order valence-electron chi connectivity index (χ4n) is 1.28. The largest absolute Gasteiger partial charge is 0.488 e. The molecule has 0 aliphatic rings. The second-order valence-corrected chi connectivity index (χ2v) is 3.64. The second-order valence-electron chi connectivity index (χ2n) is 3.64. The molecule has 6 nitrogen and oxygen atoms in total. The number of non-ortho nitro benzene ring substituents is 1. The highest BCUT2D eigenvalue weighted by Crippen LogP contribution is 2.22. The molecule has 0 aromatic heterocycles. The predicted molar refractivity (Wildman–Crippen MR) is 63.1 cm³/mol. The number of halogens is 1. The molecule has 1 atom stereocenters. The number of nitro groups is 1. The van der Waals surface area contributed by atoms with E-state index >= 15 is 0 Å². The van der Waals surface area contributed by atoms with Crippen molar-refractivity contribution in [1.82, 2.24) is 5.32 Å². The molecule has 0 saturated carbocycles. The molecule has 0 radical (unpaired) electrons. The topological polar surface area (TPSA) is 84.6 Å². The van der Waals surface area contributed by atoms with Crippen LogP contribution in [0.3, 0.4) is 0 Å². The molecule has 18 heavy (non-hydrogen) atoms. The van der Waals surface area contributed by atoms with Crippen LogP contribution in [0, 0.1) is 15.9 Å². The van der Waals surface area contributed by atoms with E-state index in [-0.39, 0.29) is 18.0 Å². The molecule has 100 valence electrons. The SMILES string of the molecule is CCNCC(O)COc1ccc([N+](=O)[O-])cc1F. The zero-order chi connectivity index (χ0) is 13.5. The third kappa shape index (κ3) is 4.27. The first-order valence-corrected chi connectivity index (χ1v) is 5.50. The van der Waals surface area contributed by atoms with Gasteiger partial charge in [-0.15, -0.1) is 0 Å². The fraction of sp³-hybridized carbons (Fsp3) is 0.455. The van der Waals surface area contributed by atoms with Crippen molar-refractivity contribution >= 4 is 5.69 Å². The summed E-state index contributed by atoms with van der Waals surface area (Å²) in [6.45, 7) is 2.86. The van der Waals surface area contributed by atoms with Gasteiger partial charge in [-0.25, -0.2) is 4.39 Å². The summed E-state index contributed by atoms with van der Waals surface area (Å²) in [4.78, 5) is 9.71.